The van der Waals surface area contributed by atoms with Crippen LogP contribution in [-0.4, -0.2) is 96.7 Å². The van der Waals surface area contributed by atoms with Gasteiger partial charge in [0.1, 0.15) is 19.3 Å². The van der Waals surface area contributed by atoms with E-state index in [1.54, 1.807) is 0 Å². The van der Waals surface area contributed by atoms with Crippen LogP contribution in [0.5, 0.6) is 0 Å². The third kappa shape index (κ3) is 79.9. The molecule has 0 aliphatic rings. The smallest absolute Gasteiger partial charge is 0.462 e. The van der Waals surface area contributed by atoms with E-state index < -0.39 is 97.5 Å². The lowest BCUT2D eigenvalue weighted by atomic mass is 10.0. The van der Waals surface area contributed by atoms with E-state index in [2.05, 4.69) is 48.5 Å². The predicted octanol–water partition coefficient (Wildman–Crippen LogP) is 26.1. The van der Waals surface area contributed by atoms with Crippen molar-refractivity contribution in [2.24, 2.45) is 17.8 Å². The van der Waals surface area contributed by atoms with Crippen LogP contribution in [0.2, 0.25) is 0 Å². The van der Waals surface area contributed by atoms with Crippen LogP contribution in [-0.2, 0) is 65.4 Å². The largest absolute Gasteiger partial charge is 0.472 e. The summed E-state index contributed by atoms with van der Waals surface area (Å²) in [4.78, 5) is 73.2. The number of hydrogen-bond donors (Lipinski definition) is 3. The zero-order valence-corrected chi connectivity index (χ0v) is 71.0. The highest BCUT2D eigenvalue weighted by atomic mass is 31.2. The molecule has 0 bridgehead atoms. The van der Waals surface area contributed by atoms with Gasteiger partial charge in [0.15, 0.2) is 12.2 Å². The van der Waals surface area contributed by atoms with Gasteiger partial charge in [-0.05, 0) is 43.4 Å². The number of phosphoric ester groups is 2. The number of rotatable bonds is 84. The Balaban J connectivity index is 5.23. The van der Waals surface area contributed by atoms with Gasteiger partial charge in [0, 0.05) is 25.7 Å². The fraction of sp³-hybridized carbons (Fsp3) is 0.953. The van der Waals surface area contributed by atoms with Crippen molar-refractivity contribution in [1.29, 1.82) is 0 Å². The monoisotopic (exact) mass is 1540 g/mol. The Bertz CT molecular complexity index is 2030. The van der Waals surface area contributed by atoms with Crippen molar-refractivity contribution in [3.8, 4) is 0 Å². The Labute approximate surface area is 645 Å². The highest BCUT2D eigenvalue weighted by molar-refractivity contribution is 7.47. The van der Waals surface area contributed by atoms with Crippen molar-refractivity contribution >= 4 is 39.5 Å². The molecule has 0 aromatic carbocycles. The molecule has 105 heavy (non-hydrogen) atoms. The van der Waals surface area contributed by atoms with E-state index >= 15 is 0 Å². The third-order valence-corrected chi connectivity index (χ3v) is 22.0. The van der Waals surface area contributed by atoms with Gasteiger partial charge in [0.05, 0.1) is 26.4 Å². The predicted molar refractivity (Wildman–Crippen MR) is 432 cm³/mol. The van der Waals surface area contributed by atoms with Gasteiger partial charge in [-0.25, -0.2) is 9.13 Å². The number of hydrogen-bond acceptors (Lipinski definition) is 15. The molecule has 0 rings (SSSR count). The van der Waals surface area contributed by atoms with Crippen LogP contribution < -0.4 is 0 Å². The van der Waals surface area contributed by atoms with Crippen LogP contribution in [0.1, 0.15) is 453 Å². The third-order valence-electron chi connectivity index (χ3n) is 20.1. The molecule has 0 saturated heterocycles. The second kappa shape index (κ2) is 76.1. The van der Waals surface area contributed by atoms with Gasteiger partial charge in [-0.2, -0.15) is 0 Å². The minimum Gasteiger partial charge on any atom is -0.462 e. The normalized spacial score (nSPS) is 13.9. The lowest BCUT2D eigenvalue weighted by Gasteiger charge is -2.21. The van der Waals surface area contributed by atoms with Crippen molar-refractivity contribution in [2.45, 2.75) is 471 Å². The molecular formula is C86H168O17P2. The van der Waals surface area contributed by atoms with Crippen LogP contribution in [0.4, 0.5) is 0 Å². The number of phosphoric acid groups is 2. The Morgan fingerprint density at radius 3 is 0.648 bits per heavy atom. The standard InChI is InChI=1S/C86H168O17P2/c1-8-9-10-11-12-13-14-15-16-17-18-19-24-30-35-40-47-55-62-69-85(90)102-81(73-96-83(88)67-60-53-46-39-34-29-25-20-22-27-32-37-43-50-57-64-77(2)3)75-100-104(92,93)98-71-80(87)72-99-105(94,95)101-76-82(74-97-84(89)68-61-54-49-42-45-52-59-66-79(6)7)103-86(91)70-63-56-48-41-36-31-26-21-23-28-33-38-44-51-58-65-78(4)5/h77-82,87H,8-76H2,1-7H3,(H,92,93)(H,94,95)/t80-,81-,82-/m1/s1. The highest BCUT2D eigenvalue weighted by Crippen LogP contribution is 2.45. The first-order chi connectivity index (χ1) is 50.7. The van der Waals surface area contributed by atoms with Crippen LogP contribution in [0.15, 0.2) is 0 Å². The summed E-state index contributed by atoms with van der Waals surface area (Å²) in [6, 6.07) is 0. The summed E-state index contributed by atoms with van der Waals surface area (Å²) < 4.78 is 68.9. The first-order valence-corrected chi connectivity index (χ1v) is 47.3. The van der Waals surface area contributed by atoms with E-state index in [9.17, 15) is 43.2 Å². The minimum atomic E-state index is -4.97. The number of carbonyl (C=O) groups is 4. The maximum absolute atomic E-state index is 13.1. The Hall–Kier alpha value is -1.94. The van der Waals surface area contributed by atoms with E-state index in [4.69, 9.17) is 37.0 Å². The average Bonchev–Trinajstić information content (AvgIpc) is 0.908. The van der Waals surface area contributed by atoms with Crippen LogP contribution in [0.3, 0.4) is 0 Å². The molecule has 0 aromatic heterocycles. The molecule has 624 valence electrons. The summed E-state index contributed by atoms with van der Waals surface area (Å²) in [5, 5.41) is 10.7. The first-order valence-electron chi connectivity index (χ1n) is 44.3. The fourth-order valence-electron chi connectivity index (χ4n) is 13.4. The van der Waals surface area contributed by atoms with E-state index in [0.717, 1.165) is 108 Å². The van der Waals surface area contributed by atoms with Crippen LogP contribution >= 0.6 is 15.6 Å². The number of unbranched alkanes of at least 4 members (excludes halogenated alkanes) is 52. The molecule has 0 aliphatic heterocycles. The van der Waals surface area contributed by atoms with Crippen molar-refractivity contribution in [1.82, 2.24) is 0 Å². The number of ether oxygens (including phenoxy) is 4. The molecular weight excluding hydrogens is 1370 g/mol. The quantitative estimate of drug-likeness (QED) is 0.0222. The average molecular weight is 1540 g/mol. The second-order valence-electron chi connectivity index (χ2n) is 32.4. The Morgan fingerprint density at radius 1 is 0.257 bits per heavy atom. The van der Waals surface area contributed by atoms with Gasteiger partial charge in [-0.1, -0.05) is 402 Å². The number of aliphatic hydroxyl groups is 1. The molecule has 0 aliphatic carbocycles. The fourth-order valence-corrected chi connectivity index (χ4v) is 14.9. The van der Waals surface area contributed by atoms with Crippen molar-refractivity contribution < 1.29 is 80.2 Å². The maximum atomic E-state index is 13.1. The zero-order chi connectivity index (χ0) is 77.2. The summed E-state index contributed by atoms with van der Waals surface area (Å²) in [7, 11) is -9.93. The lowest BCUT2D eigenvalue weighted by Crippen LogP contribution is -2.30. The molecule has 2 unspecified atom stereocenters. The molecule has 0 saturated carbocycles. The van der Waals surface area contributed by atoms with Crippen molar-refractivity contribution in [3.05, 3.63) is 0 Å². The summed E-state index contributed by atoms with van der Waals surface area (Å²) in [6.07, 6.45) is 66.7. The van der Waals surface area contributed by atoms with Crippen LogP contribution in [0.25, 0.3) is 0 Å². The first kappa shape index (κ1) is 103. The summed E-state index contributed by atoms with van der Waals surface area (Å²) in [5.41, 5.74) is 0. The number of esters is 4. The molecule has 0 radical (unpaired) electrons. The molecule has 0 heterocycles. The molecule has 0 fully saturated rings. The van der Waals surface area contributed by atoms with Gasteiger partial charge in [0.2, 0.25) is 0 Å². The van der Waals surface area contributed by atoms with Gasteiger partial charge in [-0.3, -0.25) is 37.3 Å². The van der Waals surface area contributed by atoms with Gasteiger partial charge in [0.25, 0.3) is 0 Å². The topological polar surface area (TPSA) is 237 Å². The second-order valence-corrected chi connectivity index (χ2v) is 35.3. The van der Waals surface area contributed by atoms with E-state index in [0.29, 0.717) is 31.6 Å². The van der Waals surface area contributed by atoms with Gasteiger partial charge < -0.3 is 33.8 Å². The maximum Gasteiger partial charge on any atom is 0.472 e. The molecule has 0 amide bonds. The van der Waals surface area contributed by atoms with E-state index in [1.807, 2.05) is 0 Å². The Kier molecular flexibility index (Phi) is 74.7. The van der Waals surface area contributed by atoms with E-state index in [1.165, 1.54) is 257 Å². The lowest BCUT2D eigenvalue weighted by molar-refractivity contribution is -0.161. The van der Waals surface area contributed by atoms with Crippen molar-refractivity contribution in [3.63, 3.8) is 0 Å². The minimum absolute atomic E-state index is 0.107. The molecule has 5 atom stereocenters. The number of carbonyl (C=O) groups excluding carboxylic acids is 4. The highest BCUT2D eigenvalue weighted by Gasteiger charge is 2.30. The Morgan fingerprint density at radius 2 is 0.438 bits per heavy atom. The summed E-state index contributed by atoms with van der Waals surface area (Å²) >= 11 is 0. The van der Waals surface area contributed by atoms with E-state index in [-0.39, 0.29) is 25.7 Å². The molecule has 19 heteroatoms. The summed E-state index contributed by atoms with van der Waals surface area (Å²) in [5.74, 6) is 0.209. The van der Waals surface area contributed by atoms with Crippen molar-refractivity contribution in [2.75, 3.05) is 39.6 Å². The van der Waals surface area contributed by atoms with Gasteiger partial charge in [-0.15, -0.1) is 0 Å². The molecule has 3 N–H and O–H groups in total. The number of aliphatic hydroxyl groups excluding tert-OH is 1. The van der Waals surface area contributed by atoms with Crippen LogP contribution in [0, 0.1) is 17.8 Å². The van der Waals surface area contributed by atoms with Gasteiger partial charge >= 0.3 is 39.5 Å². The SMILES string of the molecule is CCCCCCCCCCCCCCCCCCCCCC(=O)O[C@H](COC(=O)CCCCCCCCCCCCCCCCCC(C)C)COP(=O)(O)OC[C@@H](O)COP(=O)(O)OC[C@@H](COC(=O)CCCCCCCCCC(C)C)OC(=O)CCCCCCCCCCCCCCCCCC(C)C. The molecule has 17 nitrogen and oxygen atoms in total. The summed E-state index contributed by atoms with van der Waals surface area (Å²) in [6.45, 7) is 12.0. The molecule has 0 spiro atoms. The molecule has 0 aromatic rings. The zero-order valence-electron chi connectivity index (χ0n) is 69.2.